The minimum atomic E-state index is -0.362. The number of hydrogen-bond donors (Lipinski definition) is 1. The van der Waals surface area contributed by atoms with E-state index < -0.39 is 0 Å². The number of halogens is 1. The summed E-state index contributed by atoms with van der Waals surface area (Å²) in [6.07, 6.45) is 3.78. The lowest BCUT2D eigenvalue weighted by molar-refractivity contribution is -0.122. The maximum absolute atomic E-state index is 13.4. The molecule has 1 saturated heterocycles. The van der Waals surface area contributed by atoms with Gasteiger partial charge in [0.25, 0.3) is 0 Å². The van der Waals surface area contributed by atoms with Crippen LogP contribution >= 0.6 is 0 Å². The number of ether oxygens (including phenoxy) is 1. The van der Waals surface area contributed by atoms with Crippen LogP contribution in [0, 0.1) is 11.7 Å². The molecular weight excluding hydrogens is 311 g/mol. The molecule has 1 N–H and O–H groups in total. The van der Waals surface area contributed by atoms with Gasteiger partial charge in [-0.05, 0) is 17.7 Å². The van der Waals surface area contributed by atoms with E-state index in [1.807, 2.05) is 19.4 Å². The summed E-state index contributed by atoms with van der Waals surface area (Å²) in [5, 5.41) is 7.52. The maximum atomic E-state index is 13.4. The van der Waals surface area contributed by atoms with Crippen molar-refractivity contribution in [3.63, 3.8) is 0 Å². The van der Waals surface area contributed by atoms with Gasteiger partial charge in [0.05, 0.1) is 24.3 Å². The van der Waals surface area contributed by atoms with Gasteiger partial charge >= 0.3 is 0 Å². The van der Waals surface area contributed by atoms with Crippen LogP contribution in [0.25, 0.3) is 0 Å². The smallest absolute Gasteiger partial charge is 0.232 e. The molecule has 1 fully saturated rings. The van der Waals surface area contributed by atoms with Gasteiger partial charge in [-0.2, -0.15) is 5.10 Å². The Morgan fingerprint density at radius 1 is 1.42 bits per heavy atom. The van der Waals surface area contributed by atoms with Gasteiger partial charge in [-0.3, -0.25) is 9.48 Å². The van der Waals surface area contributed by atoms with E-state index in [4.69, 9.17) is 4.74 Å². The lowest BCUT2D eigenvalue weighted by atomic mass is 9.89. The first-order valence-electron chi connectivity index (χ1n) is 8.06. The van der Waals surface area contributed by atoms with Crippen molar-refractivity contribution >= 4 is 11.6 Å². The van der Waals surface area contributed by atoms with E-state index in [1.54, 1.807) is 15.6 Å². The van der Waals surface area contributed by atoms with Gasteiger partial charge < -0.3 is 15.0 Å². The summed E-state index contributed by atoms with van der Waals surface area (Å²) in [6, 6.07) is 4.31. The summed E-state index contributed by atoms with van der Waals surface area (Å²) in [7, 11) is 1.87. The van der Waals surface area contributed by atoms with Crippen LogP contribution in [0.5, 0.6) is 5.75 Å². The monoisotopic (exact) mass is 330 g/mol. The number of nitrogens with one attached hydrogen (secondary N) is 1. The summed E-state index contributed by atoms with van der Waals surface area (Å²) in [4.78, 5) is 14.9. The standard InChI is InChI=1S/C17H19FN4O2/c1-21-10-11(7-20-21)13-8-19-9-14(13)17(23)22-4-5-24-16-6-12(18)2-3-15(16)22/h2-3,6-7,10,13-14,19H,4-5,8-9H2,1H3/t13-,14+/m1/s1. The molecular formula is C17H19FN4O2. The average Bonchev–Trinajstić information content (AvgIpc) is 3.21. The van der Waals surface area contributed by atoms with Gasteiger partial charge in [-0.15, -0.1) is 0 Å². The minimum Gasteiger partial charge on any atom is -0.489 e. The van der Waals surface area contributed by atoms with Crippen molar-refractivity contribution in [1.29, 1.82) is 0 Å². The van der Waals surface area contributed by atoms with Crippen molar-refractivity contribution < 1.29 is 13.9 Å². The molecule has 126 valence electrons. The lowest BCUT2D eigenvalue weighted by Gasteiger charge is -2.32. The second-order valence-corrected chi connectivity index (χ2v) is 6.27. The van der Waals surface area contributed by atoms with Gasteiger partial charge in [0.2, 0.25) is 5.91 Å². The number of hydrogen-bond acceptors (Lipinski definition) is 4. The van der Waals surface area contributed by atoms with Crippen LogP contribution in [-0.4, -0.2) is 41.9 Å². The number of carbonyl (C=O) groups is 1. The predicted molar refractivity (Wildman–Crippen MR) is 86.6 cm³/mol. The topological polar surface area (TPSA) is 59.4 Å². The molecule has 24 heavy (non-hydrogen) atoms. The fraction of sp³-hybridized carbons (Fsp3) is 0.412. The molecule has 0 unspecified atom stereocenters. The number of nitrogens with zero attached hydrogens (tertiary/aromatic N) is 3. The lowest BCUT2D eigenvalue weighted by Crippen LogP contribution is -2.43. The molecule has 0 spiro atoms. The number of fused-ring (bicyclic) bond motifs is 1. The zero-order valence-electron chi connectivity index (χ0n) is 13.4. The van der Waals surface area contributed by atoms with Crippen LogP contribution in [0.3, 0.4) is 0 Å². The van der Waals surface area contributed by atoms with Crippen LogP contribution in [0.1, 0.15) is 11.5 Å². The molecule has 2 aliphatic rings. The van der Waals surface area contributed by atoms with E-state index in [0.29, 0.717) is 31.1 Å². The summed E-state index contributed by atoms with van der Waals surface area (Å²) in [5.74, 6) is 0.0467. The normalized spacial score (nSPS) is 23.0. The molecule has 2 aliphatic heterocycles. The zero-order chi connectivity index (χ0) is 16.7. The number of anilines is 1. The maximum Gasteiger partial charge on any atom is 0.232 e. The number of amides is 1. The molecule has 3 heterocycles. The summed E-state index contributed by atoms with van der Waals surface area (Å²) < 4.78 is 20.7. The molecule has 0 bridgehead atoms. The first-order valence-corrected chi connectivity index (χ1v) is 8.06. The minimum absolute atomic E-state index is 0.0463. The molecule has 1 aromatic carbocycles. The van der Waals surface area contributed by atoms with E-state index in [0.717, 1.165) is 12.1 Å². The van der Waals surface area contributed by atoms with Crippen molar-refractivity contribution in [1.82, 2.24) is 15.1 Å². The van der Waals surface area contributed by atoms with Crippen LogP contribution in [0.2, 0.25) is 0 Å². The van der Waals surface area contributed by atoms with E-state index in [1.165, 1.54) is 12.1 Å². The second-order valence-electron chi connectivity index (χ2n) is 6.27. The number of benzene rings is 1. The molecule has 1 amide bonds. The third-order valence-electron chi connectivity index (χ3n) is 4.74. The van der Waals surface area contributed by atoms with Gasteiger partial charge in [0.15, 0.2) is 0 Å². The molecule has 0 radical (unpaired) electrons. The van der Waals surface area contributed by atoms with Gasteiger partial charge in [-0.25, -0.2) is 4.39 Å². The molecule has 7 heteroatoms. The zero-order valence-corrected chi connectivity index (χ0v) is 13.4. The Hall–Kier alpha value is -2.41. The summed E-state index contributed by atoms with van der Waals surface area (Å²) >= 11 is 0. The number of carbonyl (C=O) groups excluding carboxylic acids is 1. The Balaban J connectivity index is 1.62. The van der Waals surface area contributed by atoms with Crippen molar-refractivity contribution in [2.45, 2.75) is 5.92 Å². The van der Waals surface area contributed by atoms with Crippen molar-refractivity contribution in [3.05, 3.63) is 42.0 Å². The fourth-order valence-corrected chi connectivity index (χ4v) is 3.54. The largest absolute Gasteiger partial charge is 0.489 e. The molecule has 2 atom stereocenters. The Kier molecular flexibility index (Phi) is 3.72. The highest BCUT2D eigenvalue weighted by atomic mass is 19.1. The first kappa shape index (κ1) is 15.1. The summed E-state index contributed by atoms with van der Waals surface area (Å²) in [6.45, 7) is 2.24. The Bertz CT molecular complexity index is 776. The molecule has 1 aromatic heterocycles. The van der Waals surface area contributed by atoms with Crippen molar-refractivity contribution in [2.75, 3.05) is 31.1 Å². The molecule has 4 rings (SSSR count). The van der Waals surface area contributed by atoms with Gasteiger partial charge in [0.1, 0.15) is 18.2 Å². The highest BCUT2D eigenvalue weighted by Gasteiger charge is 2.38. The summed E-state index contributed by atoms with van der Waals surface area (Å²) in [5.41, 5.74) is 1.71. The Morgan fingerprint density at radius 3 is 3.08 bits per heavy atom. The molecule has 0 aliphatic carbocycles. The number of aromatic nitrogens is 2. The third-order valence-corrected chi connectivity index (χ3v) is 4.74. The van der Waals surface area contributed by atoms with E-state index in [-0.39, 0.29) is 23.6 Å². The first-order chi connectivity index (χ1) is 11.6. The highest BCUT2D eigenvalue weighted by molar-refractivity contribution is 5.97. The van der Waals surface area contributed by atoms with Crippen molar-refractivity contribution in [2.24, 2.45) is 13.0 Å². The fourth-order valence-electron chi connectivity index (χ4n) is 3.54. The molecule has 6 nitrogen and oxygen atoms in total. The van der Waals surface area contributed by atoms with Crippen molar-refractivity contribution in [3.8, 4) is 5.75 Å². The van der Waals surface area contributed by atoms with E-state index >= 15 is 0 Å². The average molecular weight is 330 g/mol. The van der Waals surface area contributed by atoms with Gasteiger partial charge in [-0.1, -0.05) is 0 Å². The van der Waals surface area contributed by atoms with Crippen LogP contribution in [0.15, 0.2) is 30.6 Å². The van der Waals surface area contributed by atoms with E-state index in [9.17, 15) is 9.18 Å². The Labute approximate surface area is 139 Å². The van der Waals surface area contributed by atoms with Gasteiger partial charge in [0, 0.05) is 38.3 Å². The number of aryl methyl sites for hydroxylation is 1. The second kappa shape index (κ2) is 5.90. The van der Waals surface area contributed by atoms with Crippen LogP contribution < -0.4 is 15.0 Å². The predicted octanol–water partition coefficient (Wildman–Crippen LogP) is 1.29. The molecule has 2 aromatic rings. The van der Waals surface area contributed by atoms with E-state index in [2.05, 4.69) is 10.4 Å². The van der Waals surface area contributed by atoms with Crippen LogP contribution in [-0.2, 0) is 11.8 Å². The Morgan fingerprint density at radius 2 is 2.29 bits per heavy atom. The van der Waals surface area contributed by atoms with Crippen LogP contribution in [0.4, 0.5) is 10.1 Å². The SMILES string of the molecule is Cn1cc([C@H]2CNC[C@@H]2C(=O)N2CCOc3cc(F)ccc32)cn1. The molecule has 0 saturated carbocycles. The number of rotatable bonds is 2. The highest BCUT2D eigenvalue weighted by Crippen LogP contribution is 2.36. The quantitative estimate of drug-likeness (QED) is 0.901. The third kappa shape index (κ3) is 2.54.